The van der Waals surface area contributed by atoms with E-state index in [1.807, 2.05) is 5.18 Å². The third-order valence-electron chi connectivity index (χ3n) is 7.73. The summed E-state index contributed by atoms with van der Waals surface area (Å²) in [4.78, 5) is 101. The van der Waals surface area contributed by atoms with Crippen molar-refractivity contribution in [1.82, 2.24) is 0 Å². The van der Waals surface area contributed by atoms with Crippen LogP contribution in [0.15, 0.2) is 29.5 Å². The number of quaternary nitrogens is 1. The maximum absolute atomic E-state index is 12.4. The van der Waals surface area contributed by atoms with Gasteiger partial charge in [-0.25, -0.2) is 24.0 Å². The molecule has 1 aliphatic carbocycles. The first kappa shape index (κ1) is 28.1. The molecule has 8 atom stereocenters. The van der Waals surface area contributed by atoms with Crippen LogP contribution in [0, 0.1) is 28.6 Å². The van der Waals surface area contributed by atoms with E-state index in [-0.39, 0.29) is 39.1 Å². The van der Waals surface area contributed by atoms with Crippen molar-refractivity contribution < 1.29 is 57.0 Å². The van der Waals surface area contributed by atoms with Gasteiger partial charge in [-0.2, -0.15) is 0 Å². The predicted octanol–water partition coefficient (Wildman–Crippen LogP) is 0.109. The Labute approximate surface area is 220 Å². The number of nitrogens with zero attached hydrogens (tertiary/aromatic N) is 2. The van der Waals surface area contributed by atoms with Gasteiger partial charge in [0.1, 0.15) is 11.8 Å². The molecule has 1 spiro atoms. The van der Waals surface area contributed by atoms with Crippen molar-refractivity contribution in [1.29, 1.82) is 0 Å². The van der Waals surface area contributed by atoms with Crippen LogP contribution in [-0.4, -0.2) is 82.6 Å². The molecule has 5 amide bonds. The zero-order chi connectivity index (χ0) is 27.5. The average molecular weight is 545 g/mol. The summed E-state index contributed by atoms with van der Waals surface area (Å²) >= 11 is 0. The van der Waals surface area contributed by atoms with E-state index in [0.717, 1.165) is 0 Å². The van der Waals surface area contributed by atoms with Gasteiger partial charge in [0.25, 0.3) is 5.78 Å². The summed E-state index contributed by atoms with van der Waals surface area (Å²) in [6, 6.07) is 0. The molecule has 4 saturated heterocycles. The predicted molar refractivity (Wildman–Crippen MR) is 124 cm³/mol. The van der Waals surface area contributed by atoms with Gasteiger partial charge >= 0.3 is 29.7 Å². The zero-order valence-electron chi connectivity index (χ0n) is 19.8. The molecule has 7 aliphatic rings. The molecule has 6 heterocycles. The van der Waals surface area contributed by atoms with Crippen LogP contribution in [0.5, 0.6) is 0 Å². The van der Waals surface area contributed by atoms with E-state index < -0.39 is 87.4 Å². The average Bonchev–Trinajstić information content (AvgIpc) is 3.76. The molecule has 7 rings (SSSR count). The van der Waals surface area contributed by atoms with E-state index in [1.165, 1.54) is 0 Å². The minimum atomic E-state index is -1.17. The lowest BCUT2D eigenvalue weighted by Crippen LogP contribution is -2.58. The van der Waals surface area contributed by atoms with E-state index in [2.05, 4.69) is 4.74 Å². The Morgan fingerprint density at radius 1 is 0.795 bits per heavy atom. The second kappa shape index (κ2) is 10.0. The van der Waals surface area contributed by atoms with Crippen molar-refractivity contribution in [3.05, 3.63) is 29.2 Å². The first-order chi connectivity index (χ1) is 18.1. The van der Waals surface area contributed by atoms with Crippen molar-refractivity contribution >= 4 is 47.1 Å². The minimum Gasteiger partial charge on any atom is -0.446 e. The number of hydrogen-bond donors (Lipinski definition) is 0. The highest BCUT2D eigenvalue weighted by molar-refractivity contribution is 6.68. The maximum Gasteiger partial charge on any atom is 0.470 e. The standard InChI is InChI=1S/C12H10NO5.C9H6O4.C3H5NO3.CH4/c14-7-3-4-8(15)13(7)11(16)9-5-1-2-6(18-5)10(9)12(13)17;10-7-5-3-1-2-4(13-3)6(5)8(11)9(7)12;1-2-7-3(5)4-6;/h1-2,5-6,9-10H,3-4H2;1-6H;2H2,1H3;1H4/q+1;;;. The Hall–Kier alpha value is -3.88. The summed E-state index contributed by atoms with van der Waals surface area (Å²) in [7, 11) is 0. The number of carbonyl (C=O) groups is 8. The van der Waals surface area contributed by atoms with Gasteiger partial charge in [-0.1, -0.05) is 36.2 Å². The monoisotopic (exact) mass is 545 g/mol. The first-order valence-corrected chi connectivity index (χ1v) is 11.9. The second-order valence-corrected chi connectivity index (χ2v) is 9.49. The molecule has 4 bridgehead atoms. The van der Waals surface area contributed by atoms with Gasteiger partial charge in [0.2, 0.25) is 11.6 Å². The highest BCUT2D eigenvalue weighted by Gasteiger charge is 2.77. The quantitative estimate of drug-likeness (QED) is 0.142. The molecule has 6 aliphatic heterocycles. The van der Waals surface area contributed by atoms with E-state index >= 15 is 0 Å². The number of carbonyl (C=O) groups excluding carboxylic acids is 8. The Bertz CT molecular complexity index is 1200. The molecule has 39 heavy (non-hydrogen) atoms. The molecule has 206 valence electrons. The maximum atomic E-state index is 12.4. The Kier molecular flexibility index (Phi) is 7.23. The van der Waals surface area contributed by atoms with Crippen LogP contribution in [0.1, 0.15) is 27.2 Å². The molecule has 0 aromatic heterocycles. The van der Waals surface area contributed by atoms with Crippen LogP contribution >= 0.6 is 0 Å². The molecule has 0 aromatic rings. The second-order valence-electron chi connectivity index (χ2n) is 9.49. The Balaban J connectivity index is 0.000000148. The Morgan fingerprint density at radius 3 is 1.51 bits per heavy atom. The van der Waals surface area contributed by atoms with Gasteiger partial charge in [-0.15, -0.1) is 4.91 Å². The third-order valence-corrected chi connectivity index (χ3v) is 7.73. The van der Waals surface area contributed by atoms with Crippen molar-refractivity contribution in [3.8, 4) is 0 Å². The van der Waals surface area contributed by atoms with E-state index in [0.29, 0.717) is 0 Å². The number of amides is 5. The normalized spacial score (nSPS) is 36.9. The smallest absolute Gasteiger partial charge is 0.446 e. The number of ether oxygens (including phenoxy) is 3. The van der Waals surface area contributed by atoms with Crippen molar-refractivity contribution in [2.45, 2.75) is 51.6 Å². The van der Waals surface area contributed by atoms with Crippen LogP contribution < -0.4 is 0 Å². The van der Waals surface area contributed by atoms with Crippen LogP contribution in [0.3, 0.4) is 0 Å². The van der Waals surface area contributed by atoms with Gasteiger partial charge in [-0.3, -0.25) is 14.4 Å². The third kappa shape index (κ3) is 3.81. The lowest BCUT2D eigenvalue weighted by molar-refractivity contribution is -0.616. The van der Waals surface area contributed by atoms with Gasteiger partial charge in [0.15, 0.2) is 0 Å². The van der Waals surface area contributed by atoms with Gasteiger partial charge < -0.3 is 14.2 Å². The number of rotatable bonds is 1. The van der Waals surface area contributed by atoms with E-state index in [1.54, 1.807) is 31.2 Å². The summed E-state index contributed by atoms with van der Waals surface area (Å²) in [6.45, 7) is 1.80. The fraction of sp³-hybridized carbons (Fsp3) is 0.520. The number of nitroso groups, excluding NO2 is 1. The molecule has 14 nitrogen and oxygen atoms in total. The fourth-order valence-electron chi connectivity index (χ4n) is 6.14. The van der Waals surface area contributed by atoms with Crippen LogP contribution in [0.25, 0.3) is 0 Å². The SMILES string of the molecule is C.CCOC(=O)N=O.O=C1C(=O)C2C3C=CC(O3)C2C1=O.O=C1CCC(=O)[N+]12C(=O)C1C3C=CC(O3)C1C2=O. The number of hydrogen-bond acceptors (Lipinski definition) is 12. The molecule has 14 heteroatoms. The summed E-state index contributed by atoms with van der Waals surface area (Å²) in [6.07, 6.45) is 4.35. The van der Waals surface area contributed by atoms with Crippen LogP contribution in [0.4, 0.5) is 4.79 Å². The number of Topliss-reactive ketones (excluding diaryl/α,β-unsaturated/α-hetero) is 3. The number of ketones is 3. The molecule has 0 radical (unpaired) electrons. The molecular weight excluding hydrogens is 520 g/mol. The Morgan fingerprint density at radius 2 is 1.18 bits per heavy atom. The fourth-order valence-corrected chi connectivity index (χ4v) is 6.14. The van der Waals surface area contributed by atoms with E-state index in [4.69, 9.17) is 9.47 Å². The van der Waals surface area contributed by atoms with Crippen molar-refractivity contribution in [3.63, 3.8) is 0 Å². The molecule has 0 aromatic carbocycles. The topological polar surface area (TPSA) is 194 Å². The molecule has 0 N–H and O–H groups in total. The molecule has 5 fully saturated rings. The van der Waals surface area contributed by atoms with Crippen LogP contribution in [-0.2, 0) is 47.8 Å². The highest BCUT2D eigenvalue weighted by atomic mass is 16.6. The summed E-state index contributed by atoms with van der Waals surface area (Å²) in [5.74, 6) is -6.59. The van der Waals surface area contributed by atoms with Crippen molar-refractivity contribution in [2.24, 2.45) is 28.8 Å². The number of fused-ring (bicyclic) bond motifs is 10. The molecular formula is C25H25N2O12+. The highest BCUT2D eigenvalue weighted by Crippen LogP contribution is 2.50. The van der Waals surface area contributed by atoms with Gasteiger partial charge in [-0.05, 0) is 6.92 Å². The number of imide groups is 6. The van der Waals surface area contributed by atoms with E-state index in [9.17, 15) is 43.3 Å². The summed E-state index contributed by atoms with van der Waals surface area (Å²) < 4.78 is 13.7. The van der Waals surface area contributed by atoms with Crippen molar-refractivity contribution in [2.75, 3.05) is 6.61 Å². The zero-order valence-corrected chi connectivity index (χ0v) is 19.8. The molecule has 8 unspecified atom stereocenters. The first-order valence-electron chi connectivity index (χ1n) is 11.9. The van der Waals surface area contributed by atoms with Gasteiger partial charge in [0, 0.05) is 0 Å². The summed E-state index contributed by atoms with van der Waals surface area (Å²) in [5, 5.41) is 1.97. The largest absolute Gasteiger partial charge is 0.470 e. The van der Waals surface area contributed by atoms with Gasteiger partial charge in [0.05, 0.1) is 60.9 Å². The lowest BCUT2D eigenvalue weighted by Gasteiger charge is -2.19. The minimum absolute atomic E-state index is 0. The molecule has 1 saturated carbocycles. The summed E-state index contributed by atoms with van der Waals surface area (Å²) in [5.41, 5.74) is 0. The van der Waals surface area contributed by atoms with Crippen LogP contribution in [0.2, 0.25) is 0 Å². The lowest BCUT2D eigenvalue weighted by atomic mass is 9.85.